The number of nitrogens with one attached hydrogen (secondary N) is 2. The van der Waals surface area contributed by atoms with Crippen LogP contribution in [0.1, 0.15) is 17.2 Å². The number of carbonyl (C=O) groups excluding carboxylic acids is 2. The summed E-state index contributed by atoms with van der Waals surface area (Å²) >= 11 is 0. The van der Waals surface area contributed by atoms with Crippen molar-refractivity contribution in [3.63, 3.8) is 0 Å². The van der Waals surface area contributed by atoms with Crippen LogP contribution in [0.15, 0.2) is 36.4 Å². The van der Waals surface area contributed by atoms with Crippen molar-refractivity contribution in [2.75, 3.05) is 32.6 Å². The van der Waals surface area contributed by atoms with Crippen molar-refractivity contribution < 1.29 is 23.1 Å². The van der Waals surface area contributed by atoms with Crippen LogP contribution in [0.4, 0.5) is 14.5 Å². The van der Waals surface area contributed by atoms with Gasteiger partial charge in [-0.3, -0.25) is 9.59 Å². The van der Waals surface area contributed by atoms with Gasteiger partial charge in [0.25, 0.3) is 0 Å². The van der Waals surface area contributed by atoms with Crippen LogP contribution in [0.2, 0.25) is 0 Å². The van der Waals surface area contributed by atoms with Crippen molar-refractivity contribution in [1.29, 1.82) is 0 Å². The average Bonchev–Trinajstić information content (AvgIpc) is 3.12. The molecule has 2 amide bonds. The lowest BCUT2D eigenvalue weighted by Crippen LogP contribution is -2.40. The van der Waals surface area contributed by atoms with Crippen LogP contribution in [-0.2, 0) is 16.0 Å². The normalized spacial score (nSPS) is 13.6. The Morgan fingerprint density at radius 2 is 1.89 bits per heavy atom. The quantitative estimate of drug-likeness (QED) is 0.770. The van der Waals surface area contributed by atoms with E-state index in [2.05, 4.69) is 10.6 Å². The van der Waals surface area contributed by atoms with E-state index in [0.717, 1.165) is 35.4 Å². The van der Waals surface area contributed by atoms with Crippen molar-refractivity contribution in [3.05, 3.63) is 59.2 Å². The zero-order valence-corrected chi connectivity index (χ0v) is 15.6. The van der Waals surface area contributed by atoms with E-state index >= 15 is 0 Å². The van der Waals surface area contributed by atoms with Crippen molar-refractivity contribution in [2.24, 2.45) is 0 Å². The third-order valence-corrected chi connectivity index (χ3v) is 4.56. The molecule has 0 radical (unpaired) electrons. The summed E-state index contributed by atoms with van der Waals surface area (Å²) in [6.07, 6.45) is 0.840. The third-order valence-electron chi connectivity index (χ3n) is 4.56. The summed E-state index contributed by atoms with van der Waals surface area (Å²) in [6, 6.07) is 8.61. The average molecular weight is 389 g/mol. The van der Waals surface area contributed by atoms with Crippen LogP contribution in [0, 0.1) is 11.6 Å². The summed E-state index contributed by atoms with van der Waals surface area (Å²) < 4.78 is 31.7. The minimum atomic E-state index is -1.11. The Labute approximate surface area is 161 Å². The van der Waals surface area contributed by atoms with E-state index in [9.17, 15) is 18.4 Å². The predicted molar refractivity (Wildman–Crippen MR) is 100 cm³/mol. The molecule has 0 spiro atoms. The molecule has 1 aliphatic rings. The minimum absolute atomic E-state index is 0.00170. The second-order valence-electron chi connectivity index (χ2n) is 6.74. The maximum Gasteiger partial charge on any atom is 0.313 e. The molecule has 3 rings (SSSR count). The Morgan fingerprint density at radius 1 is 1.11 bits per heavy atom. The first-order chi connectivity index (χ1) is 13.3. The van der Waals surface area contributed by atoms with E-state index in [1.165, 1.54) is 6.07 Å². The molecule has 0 fully saturated rings. The standard InChI is InChI=1S/C20H21F2N3O3/c1-25(2)17(12-3-6-18-13(9-12)7-8-28-18)11-23-19(26)20(27)24-14-4-5-15(21)16(22)10-14/h3-6,9-10,17H,7-8,11H2,1-2H3,(H,23,26)(H,24,27). The fourth-order valence-corrected chi connectivity index (χ4v) is 3.04. The smallest absolute Gasteiger partial charge is 0.313 e. The van der Waals surface area contributed by atoms with Gasteiger partial charge >= 0.3 is 11.8 Å². The van der Waals surface area contributed by atoms with Gasteiger partial charge < -0.3 is 20.3 Å². The lowest BCUT2D eigenvalue weighted by molar-refractivity contribution is -0.136. The van der Waals surface area contributed by atoms with Crippen molar-refractivity contribution >= 4 is 17.5 Å². The van der Waals surface area contributed by atoms with E-state index in [-0.39, 0.29) is 18.3 Å². The van der Waals surface area contributed by atoms with Gasteiger partial charge in [0, 0.05) is 24.7 Å². The Balaban J connectivity index is 1.62. The zero-order valence-electron chi connectivity index (χ0n) is 15.6. The highest BCUT2D eigenvalue weighted by atomic mass is 19.2. The predicted octanol–water partition coefficient (Wildman–Crippen LogP) is 2.26. The monoisotopic (exact) mass is 389 g/mol. The number of fused-ring (bicyclic) bond motifs is 1. The molecule has 28 heavy (non-hydrogen) atoms. The molecule has 0 aliphatic carbocycles. The summed E-state index contributed by atoms with van der Waals surface area (Å²) in [5.74, 6) is -3.08. The first-order valence-corrected chi connectivity index (χ1v) is 8.81. The van der Waals surface area contributed by atoms with Crippen LogP contribution < -0.4 is 15.4 Å². The lowest BCUT2D eigenvalue weighted by atomic mass is 10.0. The third kappa shape index (κ3) is 4.45. The lowest BCUT2D eigenvalue weighted by Gasteiger charge is -2.25. The SMILES string of the molecule is CN(C)C(CNC(=O)C(=O)Nc1ccc(F)c(F)c1)c1ccc2c(c1)CCO2. The Kier molecular flexibility index (Phi) is 5.89. The number of amides is 2. The number of halogens is 2. The molecule has 2 N–H and O–H groups in total. The Morgan fingerprint density at radius 3 is 2.61 bits per heavy atom. The molecule has 1 unspecified atom stereocenters. The van der Waals surface area contributed by atoms with Crippen molar-refractivity contribution in [2.45, 2.75) is 12.5 Å². The highest BCUT2D eigenvalue weighted by molar-refractivity contribution is 6.39. The van der Waals surface area contributed by atoms with Crippen molar-refractivity contribution in [1.82, 2.24) is 10.2 Å². The molecular weight excluding hydrogens is 368 g/mol. The number of rotatable bonds is 5. The molecule has 1 atom stereocenters. The van der Waals surface area contributed by atoms with E-state index in [1.807, 2.05) is 37.2 Å². The summed E-state index contributed by atoms with van der Waals surface area (Å²) in [5.41, 5.74) is 2.11. The number of ether oxygens (including phenoxy) is 1. The second kappa shape index (κ2) is 8.35. The first-order valence-electron chi connectivity index (χ1n) is 8.81. The highest BCUT2D eigenvalue weighted by Crippen LogP contribution is 2.29. The molecule has 1 heterocycles. The van der Waals surface area contributed by atoms with Gasteiger partial charge in [0.05, 0.1) is 12.6 Å². The number of likely N-dealkylation sites (N-methyl/N-ethyl adjacent to an activating group) is 1. The Bertz CT molecular complexity index is 902. The van der Waals surface area contributed by atoms with E-state index < -0.39 is 23.4 Å². The maximum absolute atomic E-state index is 13.2. The van der Waals surface area contributed by atoms with Gasteiger partial charge in [0.1, 0.15) is 5.75 Å². The van der Waals surface area contributed by atoms with Crippen LogP contribution in [-0.4, -0.2) is 44.0 Å². The van der Waals surface area contributed by atoms with Crippen LogP contribution in [0.5, 0.6) is 5.75 Å². The number of nitrogens with zero attached hydrogens (tertiary/aromatic N) is 1. The molecule has 0 bridgehead atoms. The van der Waals surface area contributed by atoms with Crippen LogP contribution in [0.3, 0.4) is 0 Å². The van der Waals surface area contributed by atoms with Gasteiger partial charge in [0.2, 0.25) is 0 Å². The molecule has 2 aromatic rings. The van der Waals surface area contributed by atoms with E-state index in [4.69, 9.17) is 4.74 Å². The van der Waals surface area contributed by atoms with Crippen molar-refractivity contribution in [3.8, 4) is 5.75 Å². The molecule has 2 aromatic carbocycles. The molecular formula is C20H21F2N3O3. The van der Waals surface area contributed by atoms with Gasteiger partial charge in [-0.25, -0.2) is 8.78 Å². The minimum Gasteiger partial charge on any atom is -0.493 e. The summed E-state index contributed by atoms with van der Waals surface area (Å²) in [6.45, 7) is 0.864. The molecule has 0 saturated heterocycles. The van der Waals surface area contributed by atoms with E-state index in [1.54, 1.807) is 0 Å². The number of carbonyl (C=O) groups is 2. The number of anilines is 1. The molecule has 6 nitrogen and oxygen atoms in total. The fourth-order valence-electron chi connectivity index (χ4n) is 3.04. The second-order valence-corrected chi connectivity index (χ2v) is 6.74. The highest BCUT2D eigenvalue weighted by Gasteiger charge is 2.21. The Hall–Kier alpha value is -3.00. The van der Waals surface area contributed by atoms with Gasteiger partial charge in [-0.2, -0.15) is 0 Å². The van der Waals surface area contributed by atoms with E-state index in [0.29, 0.717) is 6.61 Å². The summed E-state index contributed by atoms with van der Waals surface area (Å²) in [4.78, 5) is 26.1. The maximum atomic E-state index is 13.2. The number of hydrogen-bond donors (Lipinski definition) is 2. The van der Waals surface area contributed by atoms with Gasteiger partial charge in [-0.1, -0.05) is 12.1 Å². The molecule has 1 aliphatic heterocycles. The van der Waals surface area contributed by atoms with Crippen LogP contribution >= 0.6 is 0 Å². The largest absolute Gasteiger partial charge is 0.493 e. The molecule has 148 valence electrons. The summed E-state index contributed by atoms with van der Waals surface area (Å²) in [5, 5.41) is 4.83. The zero-order chi connectivity index (χ0) is 20.3. The van der Waals surface area contributed by atoms with Gasteiger partial charge in [0.15, 0.2) is 11.6 Å². The number of hydrogen-bond acceptors (Lipinski definition) is 4. The van der Waals surface area contributed by atoms with Crippen LogP contribution in [0.25, 0.3) is 0 Å². The fraction of sp³-hybridized carbons (Fsp3) is 0.300. The van der Waals surface area contributed by atoms with Gasteiger partial charge in [-0.05, 0) is 43.4 Å². The molecule has 0 saturated carbocycles. The molecule has 0 aromatic heterocycles. The molecule has 8 heteroatoms. The summed E-state index contributed by atoms with van der Waals surface area (Å²) in [7, 11) is 3.75. The van der Waals surface area contributed by atoms with Gasteiger partial charge in [-0.15, -0.1) is 0 Å². The number of benzene rings is 2. The topological polar surface area (TPSA) is 70.7 Å². The first kappa shape index (κ1) is 19.8.